The summed E-state index contributed by atoms with van der Waals surface area (Å²) >= 11 is 0. The molecule has 1 atom stereocenters. The van der Waals surface area contributed by atoms with Crippen LogP contribution >= 0.6 is 0 Å². The van der Waals surface area contributed by atoms with Crippen molar-refractivity contribution < 1.29 is 17.0 Å². The van der Waals surface area contributed by atoms with Gasteiger partial charge in [-0.2, -0.15) is 8.42 Å². The molecule has 33 heavy (non-hydrogen) atoms. The fourth-order valence-electron chi connectivity index (χ4n) is 4.06. The Kier molecular flexibility index (Phi) is 7.95. The lowest BCUT2D eigenvalue weighted by molar-refractivity contribution is 0.184. The van der Waals surface area contributed by atoms with Gasteiger partial charge in [-0.05, 0) is 34.5 Å². The van der Waals surface area contributed by atoms with Gasteiger partial charge < -0.3 is 4.43 Å². The van der Waals surface area contributed by atoms with Gasteiger partial charge in [-0.3, -0.25) is 4.18 Å². The molecule has 0 aliphatic carbocycles. The molecule has 4 nitrogen and oxygen atoms in total. The number of benzene rings is 3. The molecule has 0 aliphatic rings. The molecule has 0 fully saturated rings. The van der Waals surface area contributed by atoms with Crippen molar-refractivity contribution in [3.8, 4) is 0 Å². The molecule has 0 bridgehead atoms. The summed E-state index contributed by atoms with van der Waals surface area (Å²) in [6.45, 7) is 11.0. The van der Waals surface area contributed by atoms with Gasteiger partial charge in [0.2, 0.25) is 0 Å². The third-order valence-electron chi connectivity index (χ3n) is 5.82. The first-order chi connectivity index (χ1) is 15.6. The second kappa shape index (κ2) is 10.3. The Labute approximate surface area is 199 Å². The molecule has 0 radical (unpaired) electrons. The molecule has 176 valence electrons. The van der Waals surface area contributed by atoms with Gasteiger partial charge in [-0.15, -0.1) is 0 Å². The summed E-state index contributed by atoms with van der Waals surface area (Å²) in [7, 11) is -6.47. The van der Waals surface area contributed by atoms with E-state index in [0.29, 0.717) is 6.61 Å². The Morgan fingerprint density at radius 1 is 0.788 bits per heavy atom. The van der Waals surface area contributed by atoms with Crippen molar-refractivity contribution in [3.63, 3.8) is 0 Å². The molecule has 0 aliphatic heterocycles. The van der Waals surface area contributed by atoms with Gasteiger partial charge in [0.1, 0.15) is 0 Å². The summed E-state index contributed by atoms with van der Waals surface area (Å²) in [6.07, 6.45) is 0. The highest BCUT2D eigenvalue weighted by Gasteiger charge is 2.50. The van der Waals surface area contributed by atoms with Gasteiger partial charge in [0.15, 0.2) is 0 Å². The Balaban J connectivity index is 1.82. The van der Waals surface area contributed by atoms with E-state index in [1.54, 1.807) is 24.3 Å². The van der Waals surface area contributed by atoms with Crippen LogP contribution in [0.25, 0.3) is 0 Å². The van der Waals surface area contributed by atoms with Gasteiger partial charge >= 0.3 is 0 Å². The van der Waals surface area contributed by atoms with Crippen LogP contribution in [0.15, 0.2) is 89.8 Å². The summed E-state index contributed by atoms with van der Waals surface area (Å²) in [5.74, 6) is -0.105. The van der Waals surface area contributed by atoms with Crippen molar-refractivity contribution in [1.82, 2.24) is 0 Å². The fraction of sp³-hybridized carbons (Fsp3) is 0.333. The SMILES string of the molecule is Cc1ccc(S(=O)(=O)OCC(C)CO[Si](c2ccccc2)(c2ccccc2)C(C)(C)C)cc1. The van der Waals surface area contributed by atoms with E-state index in [1.165, 1.54) is 10.4 Å². The molecule has 1 unspecified atom stereocenters. The maximum absolute atomic E-state index is 12.6. The smallest absolute Gasteiger partial charge is 0.296 e. The number of rotatable bonds is 9. The van der Waals surface area contributed by atoms with E-state index >= 15 is 0 Å². The van der Waals surface area contributed by atoms with Gasteiger partial charge in [0.05, 0.1) is 11.5 Å². The normalized spacial score (nSPS) is 13.6. The summed E-state index contributed by atoms with van der Waals surface area (Å²) < 4.78 is 37.5. The molecule has 3 aromatic carbocycles. The topological polar surface area (TPSA) is 52.6 Å². The Morgan fingerprint density at radius 2 is 1.27 bits per heavy atom. The van der Waals surface area contributed by atoms with Crippen molar-refractivity contribution in [2.45, 2.75) is 44.6 Å². The minimum Gasteiger partial charge on any atom is -0.407 e. The lowest BCUT2D eigenvalue weighted by Gasteiger charge is -2.43. The minimum atomic E-state index is -3.80. The van der Waals surface area contributed by atoms with E-state index in [9.17, 15) is 8.42 Å². The zero-order valence-electron chi connectivity index (χ0n) is 20.1. The monoisotopic (exact) mass is 482 g/mol. The summed E-state index contributed by atoms with van der Waals surface area (Å²) in [4.78, 5) is 0.174. The second-order valence-corrected chi connectivity index (χ2v) is 15.6. The standard InChI is InChI=1S/C27H34O4SSi/c1-22-16-18-24(19-17-22)32(28,29)30-20-23(2)21-31-33(27(3,4)5,25-12-8-6-9-13-25)26-14-10-7-11-15-26/h6-19,23H,20-21H2,1-5H3. The van der Waals surface area contributed by atoms with E-state index < -0.39 is 18.4 Å². The number of hydrogen-bond donors (Lipinski definition) is 0. The predicted octanol–water partition coefficient (Wildman–Crippen LogP) is 4.91. The van der Waals surface area contributed by atoms with Crippen molar-refractivity contribution >= 4 is 28.8 Å². The van der Waals surface area contributed by atoms with Crippen molar-refractivity contribution in [1.29, 1.82) is 0 Å². The summed E-state index contributed by atoms with van der Waals surface area (Å²) in [5, 5.41) is 2.26. The van der Waals surface area contributed by atoms with Crippen LogP contribution in [0.3, 0.4) is 0 Å². The fourth-order valence-corrected chi connectivity index (χ4v) is 9.76. The average Bonchev–Trinajstić information content (AvgIpc) is 2.79. The molecule has 3 aromatic rings. The first kappa shape index (κ1) is 25.4. The molecule has 3 rings (SSSR count). The zero-order chi connectivity index (χ0) is 24.1. The van der Waals surface area contributed by atoms with Crippen molar-refractivity contribution in [3.05, 3.63) is 90.5 Å². The van der Waals surface area contributed by atoms with Crippen LogP contribution < -0.4 is 10.4 Å². The quantitative estimate of drug-likeness (QED) is 0.321. The van der Waals surface area contributed by atoms with E-state index in [-0.39, 0.29) is 22.5 Å². The Morgan fingerprint density at radius 3 is 1.73 bits per heavy atom. The molecule has 0 spiro atoms. The van der Waals surface area contributed by atoms with E-state index in [4.69, 9.17) is 8.61 Å². The molecule has 6 heteroatoms. The van der Waals surface area contributed by atoms with Crippen LogP contribution in [0.1, 0.15) is 33.3 Å². The van der Waals surface area contributed by atoms with Gasteiger partial charge in [-0.1, -0.05) is 106 Å². The number of aryl methyl sites for hydroxylation is 1. The Hall–Kier alpha value is -2.25. The average molecular weight is 483 g/mol. The first-order valence-corrected chi connectivity index (χ1v) is 14.6. The maximum Gasteiger partial charge on any atom is 0.296 e. The minimum absolute atomic E-state index is 0.0639. The van der Waals surface area contributed by atoms with Crippen LogP contribution in [0.4, 0.5) is 0 Å². The van der Waals surface area contributed by atoms with Crippen LogP contribution in [-0.2, 0) is 18.7 Å². The molecule has 0 heterocycles. The zero-order valence-corrected chi connectivity index (χ0v) is 21.9. The molecule has 0 N–H and O–H groups in total. The summed E-state index contributed by atoms with van der Waals surface area (Å²) in [5.41, 5.74) is 1.00. The van der Waals surface area contributed by atoms with Crippen LogP contribution in [0.5, 0.6) is 0 Å². The van der Waals surface area contributed by atoms with Crippen molar-refractivity contribution in [2.24, 2.45) is 5.92 Å². The molecule has 0 amide bonds. The van der Waals surface area contributed by atoms with E-state index in [0.717, 1.165) is 5.56 Å². The predicted molar refractivity (Wildman–Crippen MR) is 137 cm³/mol. The molecule has 0 saturated carbocycles. The molecule has 0 saturated heterocycles. The van der Waals surface area contributed by atoms with E-state index in [2.05, 4.69) is 69.3 Å². The third kappa shape index (κ3) is 5.82. The molecule has 0 aromatic heterocycles. The van der Waals surface area contributed by atoms with Crippen LogP contribution in [0, 0.1) is 12.8 Å². The maximum atomic E-state index is 12.6. The Bertz CT molecular complexity index is 1080. The lowest BCUT2D eigenvalue weighted by atomic mass is 10.2. The summed E-state index contributed by atoms with van der Waals surface area (Å²) in [6, 6.07) is 27.5. The third-order valence-corrected chi connectivity index (χ3v) is 12.1. The van der Waals surface area contributed by atoms with Gasteiger partial charge in [-0.25, -0.2) is 0 Å². The molecular formula is C27H34O4SSi. The van der Waals surface area contributed by atoms with Gasteiger partial charge in [0.25, 0.3) is 18.4 Å². The van der Waals surface area contributed by atoms with Crippen LogP contribution in [0.2, 0.25) is 5.04 Å². The molecular weight excluding hydrogens is 448 g/mol. The van der Waals surface area contributed by atoms with Crippen molar-refractivity contribution in [2.75, 3.05) is 13.2 Å². The number of hydrogen-bond acceptors (Lipinski definition) is 4. The lowest BCUT2D eigenvalue weighted by Crippen LogP contribution is -2.66. The van der Waals surface area contributed by atoms with E-state index in [1.807, 2.05) is 26.0 Å². The van der Waals surface area contributed by atoms with Crippen LogP contribution in [-0.4, -0.2) is 29.9 Å². The highest BCUT2D eigenvalue weighted by molar-refractivity contribution is 7.86. The highest BCUT2D eigenvalue weighted by atomic mass is 32.2. The first-order valence-electron chi connectivity index (χ1n) is 11.3. The second-order valence-electron chi connectivity index (χ2n) is 9.63. The largest absolute Gasteiger partial charge is 0.407 e. The highest BCUT2D eigenvalue weighted by Crippen LogP contribution is 2.37. The van der Waals surface area contributed by atoms with Gasteiger partial charge in [0, 0.05) is 12.5 Å².